The van der Waals surface area contributed by atoms with Gasteiger partial charge in [-0.15, -0.1) is 0 Å². The fraction of sp³-hybridized carbons (Fsp3) is 0.600. The van der Waals surface area contributed by atoms with Gasteiger partial charge in [-0.3, -0.25) is 0 Å². The van der Waals surface area contributed by atoms with Crippen molar-refractivity contribution in [3.05, 3.63) is 29.6 Å². The maximum Gasteiger partial charge on any atom is 0.146 e. The van der Waals surface area contributed by atoms with Gasteiger partial charge in [0, 0.05) is 26.2 Å². The summed E-state index contributed by atoms with van der Waals surface area (Å²) in [6.07, 6.45) is 5.12. The van der Waals surface area contributed by atoms with Gasteiger partial charge in [-0.1, -0.05) is 18.9 Å². The molecule has 2 rings (SSSR count). The van der Waals surface area contributed by atoms with Crippen LogP contribution in [0.5, 0.6) is 0 Å². The van der Waals surface area contributed by atoms with E-state index in [1.165, 1.54) is 31.7 Å². The van der Waals surface area contributed by atoms with Crippen molar-refractivity contribution in [1.82, 2.24) is 5.32 Å². The van der Waals surface area contributed by atoms with Gasteiger partial charge in [0.05, 0.1) is 12.3 Å². The lowest BCUT2D eigenvalue weighted by molar-refractivity contribution is 0.303. The second-order valence-electron chi connectivity index (χ2n) is 5.29. The minimum Gasteiger partial charge on any atom is -0.395 e. The minimum atomic E-state index is -0.236. The second-order valence-corrected chi connectivity index (χ2v) is 5.29. The van der Waals surface area contributed by atoms with Crippen LogP contribution in [0.1, 0.15) is 31.2 Å². The van der Waals surface area contributed by atoms with Crippen molar-refractivity contribution in [2.75, 3.05) is 25.1 Å². The first kappa shape index (κ1) is 14.3. The zero-order valence-corrected chi connectivity index (χ0v) is 11.5. The van der Waals surface area contributed by atoms with E-state index in [0.717, 1.165) is 12.1 Å². The molecule has 106 valence electrons. The number of hydrogen-bond acceptors (Lipinski definition) is 3. The zero-order valence-electron chi connectivity index (χ0n) is 11.5. The molecule has 0 amide bonds. The van der Waals surface area contributed by atoms with E-state index in [-0.39, 0.29) is 12.4 Å². The molecule has 1 aromatic carbocycles. The van der Waals surface area contributed by atoms with Gasteiger partial charge >= 0.3 is 0 Å². The lowest BCUT2D eigenvalue weighted by Gasteiger charge is -2.20. The van der Waals surface area contributed by atoms with Crippen molar-refractivity contribution in [2.45, 2.75) is 38.3 Å². The third-order valence-corrected chi connectivity index (χ3v) is 3.81. The van der Waals surface area contributed by atoms with Gasteiger partial charge in [0.1, 0.15) is 5.82 Å². The lowest BCUT2D eigenvalue weighted by Crippen LogP contribution is -2.26. The molecule has 1 fully saturated rings. The van der Waals surface area contributed by atoms with Crippen molar-refractivity contribution in [3.63, 3.8) is 0 Å². The smallest absolute Gasteiger partial charge is 0.146 e. The van der Waals surface area contributed by atoms with E-state index in [1.807, 2.05) is 12.1 Å². The van der Waals surface area contributed by atoms with Gasteiger partial charge in [0.15, 0.2) is 0 Å². The predicted octanol–water partition coefficient (Wildman–Crippen LogP) is 2.29. The highest BCUT2D eigenvalue weighted by molar-refractivity contribution is 5.49. The van der Waals surface area contributed by atoms with Crippen LogP contribution in [0.4, 0.5) is 10.1 Å². The molecule has 1 saturated carbocycles. The molecule has 0 unspecified atom stereocenters. The second kappa shape index (κ2) is 6.87. The van der Waals surface area contributed by atoms with Crippen LogP contribution in [0.25, 0.3) is 0 Å². The number of nitrogens with zero attached hydrogens (tertiary/aromatic N) is 1. The quantitative estimate of drug-likeness (QED) is 0.829. The summed E-state index contributed by atoms with van der Waals surface area (Å²) < 4.78 is 13.7. The van der Waals surface area contributed by atoms with Gasteiger partial charge in [-0.05, 0) is 30.5 Å². The first-order chi connectivity index (χ1) is 9.20. The maximum atomic E-state index is 13.7. The van der Waals surface area contributed by atoms with Gasteiger partial charge < -0.3 is 15.3 Å². The van der Waals surface area contributed by atoms with Crippen LogP contribution in [-0.4, -0.2) is 31.3 Å². The molecule has 1 aromatic rings. The van der Waals surface area contributed by atoms with Crippen molar-refractivity contribution in [1.29, 1.82) is 0 Å². The zero-order chi connectivity index (χ0) is 13.7. The Labute approximate surface area is 114 Å². The molecule has 2 N–H and O–H groups in total. The number of hydrogen-bond donors (Lipinski definition) is 2. The molecule has 1 aliphatic rings. The van der Waals surface area contributed by atoms with E-state index in [9.17, 15) is 4.39 Å². The Hall–Kier alpha value is -1.13. The first-order valence-corrected chi connectivity index (χ1v) is 7.04. The van der Waals surface area contributed by atoms with Gasteiger partial charge in [-0.25, -0.2) is 4.39 Å². The number of benzene rings is 1. The van der Waals surface area contributed by atoms with Crippen LogP contribution in [0.3, 0.4) is 0 Å². The molecule has 3 nitrogen and oxygen atoms in total. The molecule has 0 atom stereocenters. The Morgan fingerprint density at radius 3 is 2.79 bits per heavy atom. The number of rotatable bonds is 6. The van der Waals surface area contributed by atoms with Gasteiger partial charge in [0.2, 0.25) is 0 Å². The molecule has 0 saturated heterocycles. The highest BCUT2D eigenvalue weighted by Crippen LogP contribution is 2.21. The summed E-state index contributed by atoms with van der Waals surface area (Å²) in [4.78, 5) is 1.74. The molecule has 0 radical (unpaired) electrons. The average Bonchev–Trinajstić information content (AvgIpc) is 2.91. The van der Waals surface area contributed by atoms with E-state index < -0.39 is 0 Å². The molecular weight excluding hydrogens is 243 g/mol. The summed E-state index contributed by atoms with van der Waals surface area (Å²) in [5.41, 5.74) is 1.65. The fourth-order valence-electron chi connectivity index (χ4n) is 2.62. The van der Waals surface area contributed by atoms with E-state index in [1.54, 1.807) is 11.9 Å². The third-order valence-electron chi connectivity index (χ3n) is 3.81. The minimum absolute atomic E-state index is 0.0283. The molecule has 19 heavy (non-hydrogen) atoms. The summed E-state index contributed by atoms with van der Waals surface area (Å²) in [6, 6.07) is 5.82. The lowest BCUT2D eigenvalue weighted by atomic mass is 10.1. The number of nitrogens with one attached hydrogen (secondary N) is 1. The maximum absolute atomic E-state index is 13.7. The van der Waals surface area contributed by atoms with E-state index in [2.05, 4.69) is 5.32 Å². The summed E-state index contributed by atoms with van der Waals surface area (Å²) in [7, 11) is 1.79. The molecule has 0 aliphatic heterocycles. The van der Waals surface area contributed by atoms with Crippen molar-refractivity contribution >= 4 is 5.69 Å². The number of anilines is 1. The molecule has 4 heteroatoms. The fourth-order valence-corrected chi connectivity index (χ4v) is 2.62. The molecule has 0 aromatic heterocycles. The normalized spacial score (nSPS) is 15.9. The van der Waals surface area contributed by atoms with Crippen LogP contribution in [0.15, 0.2) is 18.2 Å². The summed E-state index contributed by atoms with van der Waals surface area (Å²) in [5, 5.41) is 12.5. The molecule has 0 bridgehead atoms. The number of likely N-dealkylation sites (N-methyl/N-ethyl adjacent to an activating group) is 1. The average molecular weight is 266 g/mol. The molecule has 0 spiro atoms. The van der Waals surface area contributed by atoms with Crippen LogP contribution in [-0.2, 0) is 6.54 Å². The van der Waals surface area contributed by atoms with Crippen LogP contribution in [0.2, 0.25) is 0 Å². The Kier molecular flexibility index (Phi) is 5.16. The molecule has 1 aliphatic carbocycles. The largest absolute Gasteiger partial charge is 0.395 e. The van der Waals surface area contributed by atoms with Crippen molar-refractivity contribution in [2.24, 2.45) is 0 Å². The SMILES string of the molecule is CN(CCO)c1cc(CNC2CCCC2)ccc1F. The van der Waals surface area contributed by atoms with Crippen LogP contribution < -0.4 is 10.2 Å². The number of aliphatic hydroxyl groups is 1. The molecule has 0 heterocycles. The molecular formula is C15H23FN2O. The van der Waals surface area contributed by atoms with Crippen LogP contribution >= 0.6 is 0 Å². The highest BCUT2D eigenvalue weighted by atomic mass is 19.1. The summed E-state index contributed by atoms with van der Waals surface area (Å²) in [6.45, 7) is 1.25. The monoisotopic (exact) mass is 266 g/mol. The van der Waals surface area contributed by atoms with Crippen molar-refractivity contribution in [3.8, 4) is 0 Å². The standard InChI is InChI=1S/C15H23FN2O/c1-18(8-9-19)15-10-12(6-7-14(15)16)11-17-13-4-2-3-5-13/h6-7,10,13,17,19H,2-5,8-9,11H2,1H3. The van der Waals surface area contributed by atoms with Gasteiger partial charge in [0.25, 0.3) is 0 Å². The van der Waals surface area contributed by atoms with E-state index in [0.29, 0.717) is 18.3 Å². The Bertz CT molecular complexity index is 405. The van der Waals surface area contributed by atoms with E-state index >= 15 is 0 Å². The summed E-state index contributed by atoms with van der Waals surface area (Å²) >= 11 is 0. The Morgan fingerprint density at radius 1 is 1.37 bits per heavy atom. The Balaban J connectivity index is 1.98. The summed E-state index contributed by atoms with van der Waals surface area (Å²) in [5.74, 6) is -0.236. The van der Waals surface area contributed by atoms with Crippen molar-refractivity contribution < 1.29 is 9.50 Å². The predicted molar refractivity (Wildman–Crippen MR) is 75.9 cm³/mol. The topological polar surface area (TPSA) is 35.5 Å². The number of halogens is 1. The van der Waals surface area contributed by atoms with Crippen LogP contribution in [0, 0.1) is 5.82 Å². The highest BCUT2D eigenvalue weighted by Gasteiger charge is 2.14. The third kappa shape index (κ3) is 3.91. The van der Waals surface area contributed by atoms with Gasteiger partial charge in [-0.2, -0.15) is 0 Å². The Morgan fingerprint density at radius 2 is 2.11 bits per heavy atom. The number of aliphatic hydroxyl groups excluding tert-OH is 1. The van der Waals surface area contributed by atoms with E-state index in [4.69, 9.17) is 5.11 Å². The first-order valence-electron chi connectivity index (χ1n) is 7.04.